The van der Waals surface area contributed by atoms with E-state index in [-0.39, 0.29) is 11.3 Å². The Morgan fingerprint density at radius 2 is 1.95 bits per heavy atom. The molecule has 3 aromatic rings. The monoisotopic (exact) mass is 524 g/mol. The van der Waals surface area contributed by atoms with Gasteiger partial charge in [-0.25, -0.2) is 9.97 Å². The van der Waals surface area contributed by atoms with Crippen molar-refractivity contribution < 1.29 is 15.0 Å². The Morgan fingerprint density at radius 1 is 1.16 bits per heavy atom. The number of nitrogens with zero attached hydrogens (tertiary/aromatic N) is 3. The molecule has 5 rings (SSSR count). The van der Waals surface area contributed by atoms with E-state index in [1.165, 1.54) is 6.42 Å². The normalized spacial score (nSPS) is 23.3. The number of aliphatic hydroxyl groups excluding tert-OH is 2. The van der Waals surface area contributed by atoms with Gasteiger partial charge in [-0.15, -0.1) is 11.3 Å². The number of rotatable bonds is 7. The largest absolute Gasteiger partial charge is 0.377 e. The van der Waals surface area contributed by atoms with Crippen LogP contribution in [-0.2, 0) is 4.79 Å². The van der Waals surface area contributed by atoms with Crippen molar-refractivity contribution in [1.82, 2.24) is 20.2 Å². The van der Waals surface area contributed by atoms with Gasteiger partial charge in [-0.2, -0.15) is 0 Å². The van der Waals surface area contributed by atoms with E-state index in [4.69, 9.17) is 0 Å². The van der Waals surface area contributed by atoms with Gasteiger partial charge in [0, 0.05) is 35.1 Å². The predicted octanol–water partition coefficient (Wildman–Crippen LogP) is 3.96. The number of thiophene rings is 1. The van der Waals surface area contributed by atoms with Crippen LogP contribution in [0.4, 0.5) is 11.6 Å². The number of aromatic nitrogens is 2. The number of hydrogen-bond acceptors (Lipinski definition) is 9. The maximum absolute atomic E-state index is 13.0. The molecule has 1 aliphatic heterocycles. The Bertz CT molecular complexity index is 1270. The number of fused-ring (bicyclic) bond motifs is 1. The first-order valence-corrected chi connectivity index (χ1v) is 13.8. The van der Waals surface area contributed by atoms with Crippen LogP contribution in [0, 0.1) is 5.41 Å². The molecule has 2 unspecified atom stereocenters. The number of nitrogens with one attached hydrogen (secondary N) is 3. The van der Waals surface area contributed by atoms with Crippen molar-refractivity contribution in [2.75, 3.05) is 23.7 Å². The summed E-state index contributed by atoms with van der Waals surface area (Å²) in [6, 6.07) is 10.0. The minimum Gasteiger partial charge on any atom is -0.377 e. The number of carbonyl (C=O) groups excluding carboxylic acids is 1. The van der Waals surface area contributed by atoms with Crippen LogP contribution in [0.15, 0.2) is 36.5 Å². The quantitative estimate of drug-likeness (QED) is 0.315. The molecule has 2 fully saturated rings. The molecule has 3 heterocycles. The second kappa shape index (κ2) is 10.3. The molecule has 1 aliphatic carbocycles. The Kier molecular flexibility index (Phi) is 7.21. The molecule has 10 heteroatoms. The van der Waals surface area contributed by atoms with Gasteiger partial charge in [0.05, 0.1) is 16.1 Å². The fourth-order valence-electron chi connectivity index (χ4n) is 5.28. The summed E-state index contributed by atoms with van der Waals surface area (Å²) in [5, 5.41) is 30.4. The van der Waals surface area contributed by atoms with Gasteiger partial charge >= 0.3 is 0 Å². The van der Waals surface area contributed by atoms with Crippen LogP contribution < -0.4 is 16.0 Å². The number of amides is 1. The van der Waals surface area contributed by atoms with Gasteiger partial charge < -0.3 is 20.8 Å². The molecule has 0 radical (unpaired) electrons. The summed E-state index contributed by atoms with van der Waals surface area (Å²) in [6.07, 6.45) is 5.36. The van der Waals surface area contributed by atoms with E-state index in [9.17, 15) is 15.0 Å². The van der Waals surface area contributed by atoms with E-state index in [2.05, 4.69) is 38.9 Å². The van der Waals surface area contributed by atoms with E-state index in [1.54, 1.807) is 22.4 Å². The molecular formula is C27H36N6O3S. The molecule has 9 nitrogen and oxygen atoms in total. The summed E-state index contributed by atoms with van der Waals surface area (Å²) >= 11 is 1.65. The molecule has 1 aromatic carbocycles. The number of hydrogen-bond donors (Lipinski definition) is 5. The SMILES string of the molecule is CC1(C(=O)Nc2ccc3sc(-c4ccnc(NCCN5C(O)NC(O)C5(C)C)n4)cc3c2)CCCCC1. The van der Waals surface area contributed by atoms with Crippen LogP contribution in [0.1, 0.15) is 52.9 Å². The molecule has 2 aromatic heterocycles. The van der Waals surface area contributed by atoms with Gasteiger partial charge in [-0.1, -0.05) is 26.2 Å². The molecule has 5 N–H and O–H groups in total. The standard InChI is InChI=1S/C27H36N6O3S/c1-26(2)22(34)32-25(36)33(26)14-13-29-24-28-12-9-19(31-24)21-16-17-15-18(7-8-20(17)37-21)30-23(35)27(3)10-5-4-6-11-27/h7-9,12,15-16,22,25,32,34,36H,4-6,10-11,13-14H2,1-3H3,(H,30,35)(H,28,29,31). The third kappa shape index (κ3) is 5.35. The second-order valence-corrected chi connectivity index (χ2v) is 12.0. The van der Waals surface area contributed by atoms with Crippen LogP contribution in [0.25, 0.3) is 20.7 Å². The molecular weight excluding hydrogens is 488 g/mol. The summed E-state index contributed by atoms with van der Waals surface area (Å²) in [6.45, 7) is 6.85. The van der Waals surface area contributed by atoms with Crippen LogP contribution in [-0.4, -0.2) is 62.2 Å². The fraction of sp³-hybridized carbons (Fsp3) is 0.519. The maximum Gasteiger partial charge on any atom is 0.230 e. The highest BCUT2D eigenvalue weighted by molar-refractivity contribution is 7.22. The first-order valence-electron chi connectivity index (χ1n) is 13.0. The van der Waals surface area contributed by atoms with Crippen molar-refractivity contribution in [3.05, 3.63) is 36.5 Å². The lowest BCUT2D eigenvalue weighted by molar-refractivity contribution is -0.126. The molecule has 0 bridgehead atoms. The topological polar surface area (TPSA) is 123 Å². The summed E-state index contributed by atoms with van der Waals surface area (Å²) in [5.41, 5.74) is 0.770. The van der Waals surface area contributed by atoms with Gasteiger partial charge in [0.25, 0.3) is 0 Å². The Labute approximate surface area is 221 Å². The lowest BCUT2D eigenvalue weighted by Crippen LogP contribution is -2.49. The number of carbonyl (C=O) groups is 1. The fourth-order valence-corrected chi connectivity index (χ4v) is 6.29. The average molecular weight is 525 g/mol. The zero-order chi connectivity index (χ0) is 26.2. The van der Waals surface area contributed by atoms with E-state index >= 15 is 0 Å². The molecule has 1 saturated heterocycles. The van der Waals surface area contributed by atoms with Gasteiger partial charge in [0.15, 0.2) is 6.35 Å². The van der Waals surface area contributed by atoms with Crippen molar-refractivity contribution in [2.45, 2.75) is 71.0 Å². The maximum atomic E-state index is 13.0. The molecule has 1 saturated carbocycles. The van der Waals surface area contributed by atoms with Crippen LogP contribution >= 0.6 is 11.3 Å². The van der Waals surface area contributed by atoms with Crippen molar-refractivity contribution in [1.29, 1.82) is 0 Å². The van der Waals surface area contributed by atoms with E-state index in [0.29, 0.717) is 19.0 Å². The third-order valence-corrected chi connectivity index (χ3v) is 8.97. The van der Waals surface area contributed by atoms with E-state index in [1.807, 2.05) is 38.1 Å². The Morgan fingerprint density at radius 3 is 2.68 bits per heavy atom. The summed E-state index contributed by atoms with van der Waals surface area (Å²) in [7, 11) is 0. The van der Waals surface area contributed by atoms with Crippen molar-refractivity contribution in [3.63, 3.8) is 0 Å². The van der Waals surface area contributed by atoms with Crippen LogP contribution in [0.3, 0.4) is 0 Å². The van der Waals surface area contributed by atoms with Crippen LogP contribution in [0.5, 0.6) is 0 Å². The van der Waals surface area contributed by atoms with Crippen LogP contribution in [0.2, 0.25) is 0 Å². The molecule has 2 atom stereocenters. The highest BCUT2D eigenvalue weighted by Gasteiger charge is 2.45. The number of benzene rings is 1. The average Bonchev–Trinajstić information content (AvgIpc) is 3.38. The molecule has 0 spiro atoms. The highest BCUT2D eigenvalue weighted by atomic mass is 32.1. The van der Waals surface area contributed by atoms with E-state index < -0.39 is 18.1 Å². The minimum atomic E-state index is -0.905. The summed E-state index contributed by atoms with van der Waals surface area (Å²) < 4.78 is 1.13. The lowest BCUT2D eigenvalue weighted by atomic mass is 9.75. The molecule has 1 amide bonds. The lowest BCUT2D eigenvalue weighted by Gasteiger charge is -2.33. The van der Waals surface area contributed by atoms with Gasteiger partial charge in [-0.05, 0) is 62.4 Å². The summed E-state index contributed by atoms with van der Waals surface area (Å²) in [5.74, 6) is 0.618. The number of anilines is 2. The Hall–Kier alpha value is -2.63. The van der Waals surface area contributed by atoms with Crippen molar-refractivity contribution in [3.8, 4) is 10.6 Å². The molecule has 198 valence electrons. The second-order valence-electron chi connectivity index (χ2n) is 10.9. The molecule has 2 aliphatic rings. The smallest absolute Gasteiger partial charge is 0.230 e. The zero-order valence-electron chi connectivity index (χ0n) is 21.6. The zero-order valence-corrected chi connectivity index (χ0v) is 22.4. The third-order valence-electron chi connectivity index (χ3n) is 7.83. The van der Waals surface area contributed by atoms with Gasteiger partial charge in [0.1, 0.15) is 6.23 Å². The first-order chi connectivity index (χ1) is 17.7. The first kappa shape index (κ1) is 26.0. The number of aliphatic hydroxyl groups is 2. The summed E-state index contributed by atoms with van der Waals surface area (Å²) in [4.78, 5) is 24.8. The van der Waals surface area contributed by atoms with Gasteiger partial charge in [-0.3, -0.25) is 15.0 Å². The van der Waals surface area contributed by atoms with Crippen molar-refractivity contribution in [2.24, 2.45) is 5.41 Å². The predicted molar refractivity (Wildman–Crippen MR) is 147 cm³/mol. The highest BCUT2D eigenvalue weighted by Crippen LogP contribution is 2.38. The van der Waals surface area contributed by atoms with Gasteiger partial charge in [0.2, 0.25) is 11.9 Å². The van der Waals surface area contributed by atoms with Crippen molar-refractivity contribution >= 4 is 39.0 Å². The van der Waals surface area contributed by atoms with E-state index in [0.717, 1.165) is 52.0 Å². The Balaban J connectivity index is 1.25. The minimum absolute atomic E-state index is 0.114. The molecule has 37 heavy (non-hydrogen) atoms.